The molecule has 5 heteroatoms. The lowest BCUT2D eigenvalue weighted by molar-refractivity contribution is -0.132. The van der Waals surface area contributed by atoms with Crippen molar-refractivity contribution in [2.45, 2.75) is 12.3 Å². The van der Waals surface area contributed by atoms with Crippen LogP contribution in [0.4, 0.5) is 5.69 Å². The van der Waals surface area contributed by atoms with Crippen LogP contribution in [0.1, 0.15) is 17.9 Å². The van der Waals surface area contributed by atoms with Crippen LogP contribution in [0.5, 0.6) is 5.75 Å². The van der Waals surface area contributed by atoms with E-state index in [1.807, 2.05) is 35.2 Å². The number of piperazine rings is 1. The van der Waals surface area contributed by atoms with Gasteiger partial charge in [-0.05, 0) is 42.2 Å². The first-order valence-corrected chi connectivity index (χ1v) is 9.89. The molecule has 1 amide bonds. The molecule has 2 unspecified atom stereocenters. The molecular weight excluding hydrogens is 392 g/mol. The van der Waals surface area contributed by atoms with Gasteiger partial charge in [-0.15, -0.1) is 0 Å². The SMILES string of the molecule is COc1ccccc1N1CCN(C(=O)C2CC2c2cccc(Br)c2)CC1. The van der Waals surface area contributed by atoms with Crippen LogP contribution in [0.15, 0.2) is 53.0 Å². The van der Waals surface area contributed by atoms with Crippen LogP contribution >= 0.6 is 15.9 Å². The first-order chi connectivity index (χ1) is 12.7. The molecule has 136 valence electrons. The number of ether oxygens (including phenoxy) is 1. The fourth-order valence-electron chi connectivity index (χ4n) is 3.87. The Morgan fingerprint density at radius 1 is 1.08 bits per heavy atom. The van der Waals surface area contributed by atoms with Gasteiger partial charge in [-0.1, -0.05) is 40.2 Å². The number of hydrogen-bond donors (Lipinski definition) is 0. The predicted octanol–water partition coefficient (Wildman–Crippen LogP) is 3.91. The van der Waals surface area contributed by atoms with Crippen molar-refractivity contribution in [3.63, 3.8) is 0 Å². The van der Waals surface area contributed by atoms with Crippen molar-refractivity contribution in [2.24, 2.45) is 5.92 Å². The zero-order valence-electron chi connectivity index (χ0n) is 14.9. The van der Waals surface area contributed by atoms with Gasteiger partial charge in [0.1, 0.15) is 5.75 Å². The highest BCUT2D eigenvalue weighted by atomic mass is 79.9. The Balaban J connectivity index is 1.36. The number of carbonyl (C=O) groups excluding carboxylic acids is 1. The van der Waals surface area contributed by atoms with E-state index in [4.69, 9.17) is 4.74 Å². The van der Waals surface area contributed by atoms with Gasteiger partial charge in [-0.2, -0.15) is 0 Å². The number of benzene rings is 2. The Hall–Kier alpha value is -2.01. The number of carbonyl (C=O) groups is 1. The number of rotatable bonds is 4. The molecule has 1 aliphatic carbocycles. The predicted molar refractivity (Wildman–Crippen MR) is 107 cm³/mol. The van der Waals surface area contributed by atoms with Gasteiger partial charge in [0.2, 0.25) is 5.91 Å². The number of para-hydroxylation sites is 2. The van der Waals surface area contributed by atoms with Gasteiger partial charge >= 0.3 is 0 Å². The fraction of sp³-hybridized carbons (Fsp3) is 0.381. The number of halogens is 1. The second-order valence-corrected chi connectivity index (χ2v) is 7.90. The third-order valence-electron chi connectivity index (χ3n) is 5.40. The van der Waals surface area contributed by atoms with E-state index < -0.39 is 0 Å². The van der Waals surface area contributed by atoms with Gasteiger partial charge in [-0.25, -0.2) is 0 Å². The van der Waals surface area contributed by atoms with Crippen molar-refractivity contribution < 1.29 is 9.53 Å². The van der Waals surface area contributed by atoms with Crippen molar-refractivity contribution in [1.82, 2.24) is 4.90 Å². The van der Waals surface area contributed by atoms with Crippen LogP contribution in [-0.4, -0.2) is 44.1 Å². The molecule has 0 aromatic heterocycles. The molecule has 2 aromatic rings. The number of hydrogen-bond acceptors (Lipinski definition) is 3. The largest absolute Gasteiger partial charge is 0.495 e. The lowest BCUT2D eigenvalue weighted by Crippen LogP contribution is -2.49. The smallest absolute Gasteiger partial charge is 0.226 e. The van der Waals surface area contributed by atoms with Gasteiger partial charge in [0.05, 0.1) is 12.8 Å². The molecule has 0 radical (unpaired) electrons. The zero-order chi connectivity index (χ0) is 18.1. The standard InChI is InChI=1S/C21H23BrN2O2/c1-26-20-8-3-2-7-19(20)23-9-11-24(12-10-23)21(25)18-14-17(18)15-5-4-6-16(22)13-15/h2-8,13,17-18H,9-12,14H2,1H3. The molecule has 1 heterocycles. The lowest BCUT2D eigenvalue weighted by atomic mass is 10.1. The normalized spacial score (nSPS) is 22.2. The highest BCUT2D eigenvalue weighted by Gasteiger charge is 2.46. The Kier molecular flexibility index (Phi) is 4.90. The topological polar surface area (TPSA) is 32.8 Å². The quantitative estimate of drug-likeness (QED) is 0.759. The Morgan fingerprint density at radius 2 is 1.85 bits per heavy atom. The lowest BCUT2D eigenvalue weighted by Gasteiger charge is -2.36. The van der Waals surface area contributed by atoms with Crippen LogP contribution in [0.2, 0.25) is 0 Å². The number of anilines is 1. The third-order valence-corrected chi connectivity index (χ3v) is 5.89. The molecular formula is C21H23BrN2O2. The van der Waals surface area contributed by atoms with Crippen molar-refractivity contribution in [3.05, 3.63) is 58.6 Å². The fourth-order valence-corrected chi connectivity index (χ4v) is 4.28. The van der Waals surface area contributed by atoms with Gasteiger partial charge in [0.25, 0.3) is 0 Å². The Bertz CT molecular complexity index is 802. The third kappa shape index (κ3) is 3.45. The monoisotopic (exact) mass is 414 g/mol. The highest BCUT2D eigenvalue weighted by molar-refractivity contribution is 9.10. The molecule has 1 aliphatic heterocycles. The molecule has 0 bridgehead atoms. The number of amides is 1. The van der Waals surface area contributed by atoms with Crippen LogP contribution in [0.25, 0.3) is 0 Å². The molecule has 1 saturated carbocycles. The van der Waals surface area contributed by atoms with Gasteiger partial charge in [-0.3, -0.25) is 4.79 Å². The summed E-state index contributed by atoms with van der Waals surface area (Å²) in [5, 5.41) is 0. The van der Waals surface area contributed by atoms with E-state index in [0.717, 1.165) is 48.5 Å². The second-order valence-electron chi connectivity index (χ2n) is 6.99. The van der Waals surface area contributed by atoms with Gasteiger partial charge in [0.15, 0.2) is 0 Å². The zero-order valence-corrected chi connectivity index (χ0v) is 16.5. The van der Waals surface area contributed by atoms with Crippen LogP contribution in [0.3, 0.4) is 0 Å². The molecule has 2 fully saturated rings. The Labute approximate surface area is 162 Å². The minimum Gasteiger partial charge on any atom is -0.495 e. The minimum atomic E-state index is 0.155. The van der Waals surface area contributed by atoms with E-state index in [9.17, 15) is 4.79 Å². The van der Waals surface area contributed by atoms with E-state index in [0.29, 0.717) is 11.8 Å². The minimum absolute atomic E-state index is 0.155. The summed E-state index contributed by atoms with van der Waals surface area (Å²) in [4.78, 5) is 17.2. The summed E-state index contributed by atoms with van der Waals surface area (Å²) < 4.78 is 6.55. The van der Waals surface area contributed by atoms with Gasteiger partial charge in [0, 0.05) is 36.6 Å². The summed E-state index contributed by atoms with van der Waals surface area (Å²) >= 11 is 3.52. The molecule has 1 saturated heterocycles. The van der Waals surface area contributed by atoms with E-state index in [-0.39, 0.29) is 5.92 Å². The number of methoxy groups -OCH3 is 1. The molecule has 0 spiro atoms. The summed E-state index contributed by atoms with van der Waals surface area (Å²) in [6, 6.07) is 16.4. The van der Waals surface area contributed by atoms with Crippen LogP contribution in [-0.2, 0) is 4.79 Å². The number of nitrogens with zero attached hydrogens (tertiary/aromatic N) is 2. The van der Waals surface area contributed by atoms with Crippen LogP contribution < -0.4 is 9.64 Å². The van der Waals surface area contributed by atoms with E-state index in [2.05, 4.69) is 39.0 Å². The average molecular weight is 415 g/mol. The molecule has 26 heavy (non-hydrogen) atoms. The summed E-state index contributed by atoms with van der Waals surface area (Å²) in [6.45, 7) is 3.25. The second kappa shape index (κ2) is 7.31. The van der Waals surface area contributed by atoms with Crippen molar-refractivity contribution in [1.29, 1.82) is 0 Å². The molecule has 4 rings (SSSR count). The van der Waals surface area contributed by atoms with Crippen LogP contribution in [0, 0.1) is 5.92 Å². The summed E-state index contributed by atoms with van der Waals surface area (Å²) in [7, 11) is 1.70. The average Bonchev–Trinajstić information content (AvgIpc) is 3.48. The molecule has 2 atom stereocenters. The van der Waals surface area contributed by atoms with E-state index in [1.165, 1.54) is 5.56 Å². The maximum atomic E-state index is 12.9. The van der Waals surface area contributed by atoms with E-state index >= 15 is 0 Å². The maximum Gasteiger partial charge on any atom is 0.226 e. The Morgan fingerprint density at radius 3 is 2.58 bits per heavy atom. The summed E-state index contributed by atoms with van der Waals surface area (Å²) in [6.07, 6.45) is 0.974. The van der Waals surface area contributed by atoms with Gasteiger partial charge < -0.3 is 14.5 Å². The first-order valence-electron chi connectivity index (χ1n) is 9.09. The molecule has 2 aliphatic rings. The van der Waals surface area contributed by atoms with Crippen molar-refractivity contribution in [2.75, 3.05) is 38.2 Å². The van der Waals surface area contributed by atoms with Crippen molar-refractivity contribution in [3.8, 4) is 5.75 Å². The highest BCUT2D eigenvalue weighted by Crippen LogP contribution is 2.49. The molecule has 4 nitrogen and oxygen atoms in total. The van der Waals surface area contributed by atoms with E-state index in [1.54, 1.807) is 7.11 Å². The van der Waals surface area contributed by atoms with Crippen molar-refractivity contribution >= 4 is 27.5 Å². The summed E-state index contributed by atoms with van der Waals surface area (Å²) in [5.41, 5.74) is 2.38. The maximum absolute atomic E-state index is 12.9. The summed E-state index contributed by atoms with van der Waals surface area (Å²) in [5.74, 6) is 1.74. The first kappa shape index (κ1) is 17.4. The molecule has 0 N–H and O–H groups in total. The molecule has 2 aromatic carbocycles.